The number of thiol groups is 1. The molecule has 0 aromatic rings. The average molecular weight is 132 g/mol. The van der Waals surface area contributed by atoms with Crippen molar-refractivity contribution in [3.63, 3.8) is 0 Å². The second-order valence-corrected chi connectivity index (χ2v) is 4.64. The zero-order chi connectivity index (χ0) is 6.04. The van der Waals surface area contributed by atoms with E-state index in [0.717, 1.165) is 6.42 Å². The Labute approximate surface area is 50.3 Å². The van der Waals surface area contributed by atoms with Gasteiger partial charge in [0.25, 0.3) is 0 Å². The first-order valence-corrected chi connectivity index (χ1v) is 4.72. The minimum atomic E-state index is -2.20. The van der Waals surface area contributed by atoms with Gasteiger partial charge in [0.05, 0.1) is 0 Å². The molecule has 1 radical (unpaired) electrons. The Balaban J connectivity index is 2.63. The van der Waals surface area contributed by atoms with E-state index in [1.807, 2.05) is 0 Å². The monoisotopic (exact) mass is 132 g/mol. The van der Waals surface area contributed by atoms with E-state index in [0.29, 0.717) is 11.5 Å². The van der Waals surface area contributed by atoms with Crippen LogP contribution in [0.3, 0.4) is 0 Å². The highest BCUT2D eigenvalue weighted by Crippen LogP contribution is 2.08. The quantitative estimate of drug-likeness (QED) is 0.421. The minimum absolute atomic E-state index is 0.549. The summed E-state index contributed by atoms with van der Waals surface area (Å²) in [5, 5.41) is 0. The molecule has 0 aromatic heterocycles. The molecule has 0 aromatic carbocycles. The van der Waals surface area contributed by atoms with Gasteiger partial charge in [-0.15, -0.1) is 10.1 Å². The van der Waals surface area contributed by atoms with Crippen molar-refractivity contribution < 1.29 is 4.55 Å². The summed E-state index contributed by atoms with van der Waals surface area (Å²) in [5.41, 5.74) is 0. The molecule has 3 heteroatoms. The van der Waals surface area contributed by atoms with Crippen molar-refractivity contribution >= 4 is 10.1 Å². The Morgan fingerprint density at radius 2 is 2.50 bits per heavy atom. The highest BCUT2D eigenvalue weighted by Gasteiger charge is 2.05. The Morgan fingerprint density at radius 3 is 2.75 bits per heavy atom. The van der Waals surface area contributed by atoms with Gasteiger partial charge in [0.2, 0.25) is 0 Å². The molecule has 0 saturated heterocycles. The highest BCUT2D eigenvalue weighted by atomic mass is 32.3. The van der Waals surface area contributed by atoms with Crippen molar-refractivity contribution in [2.24, 2.45) is 0 Å². The first kappa shape index (κ1) is 5.98. The SMILES string of the molecule is N=[SH]1(O)CC=[C]CC1. The zero-order valence-electron chi connectivity index (χ0n) is 4.59. The number of allylic oxidation sites excluding steroid dienone is 1. The van der Waals surface area contributed by atoms with Crippen LogP contribution in [0.2, 0.25) is 0 Å². The molecule has 0 unspecified atom stereocenters. The summed E-state index contributed by atoms with van der Waals surface area (Å²) in [7, 11) is -2.20. The predicted molar refractivity (Wildman–Crippen MR) is 36.3 cm³/mol. The molecule has 8 heavy (non-hydrogen) atoms. The summed E-state index contributed by atoms with van der Waals surface area (Å²) in [6.07, 6.45) is 5.52. The molecule has 1 aliphatic heterocycles. The van der Waals surface area contributed by atoms with Crippen molar-refractivity contribution in [2.45, 2.75) is 6.42 Å². The molecule has 1 heterocycles. The summed E-state index contributed by atoms with van der Waals surface area (Å²) in [5.74, 6) is 1.19. The van der Waals surface area contributed by atoms with Crippen molar-refractivity contribution in [3.05, 3.63) is 12.2 Å². The van der Waals surface area contributed by atoms with E-state index in [9.17, 15) is 0 Å². The molecule has 0 amide bonds. The Hall–Kier alpha value is -0.150. The summed E-state index contributed by atoms with van der Waals surface area (Å²) in [4.78, 5) is 0. The first-order chi connectivity index (χ1) is 3.71. The van der Waals surface area contributed by atoms with Gasteiger partial charge in [-0.05, 0) is 12.5 Å². The van der Waals surface area contributed by atoms with Crippen LogP contribution in [-0.4, -0.2) is 16.1 Å². The van der Waals surface area contributed by atoms with Crippen LogP contribution in [0, 0.1) is 10.9 Å². The van der Waals surface area contributed by atoms with Crippen LogP contribution in [-0.2, 0) is 10.1 Å². The maximum atomic E-state index is 9.08. The first-order valence-electron chi connectivity index (χ1n) is 2.61. The summed E-state index contributed by atoms with van der Waals surface area (Å²) in [6.45, 7) is 0. The lowest BCUT2D eigenvalue weighted by molar-refractivity contribution is 0.624. The molecular weight excluding hydrogens is 122 g/mol. The van der Waals surface area contributed by atoms with E-state index in [2.05, 4.69) is 6.08 Å². The molecule has 1 rings (SSSR count). The van der Waals surface area contributed by atoms with Crippen LogP contribution in [0.4, 0.5) is 0 Å². The Kier molecular flexibility index (Phi) is 1.49. The molecule has 0 bridgehead atoms. The lowest BCUT2D eigenvalue weighted by Crippen LogP contribution is -2.19. The van der Waals surface area contributed by atoms with Crippen molar-refractivity contribution in [3.8, 4) is 0 Å². The lowest BCUT2D eigenvalue weighted by atomic mass is 10.4. The van der Waals surface area contributed by atoms with Crippen molar-refractivity contribution in [2.75, 3.05) is 11.5 Å². The molecule has 0 aliphatic carbocycles. The lowest BCUT2D eigenvalue weighted by Gasteiger charge is -2.20. The van der Waals surface area contributed by atoms with Gasteiger partial charge in [-0.3, -0.25) is 4.78 Å². The topological polar surface area (TPSA) is 44.1 Å². The van der Waals surface area contributed by atoms with Gasteiger partial charge in [-0.2, -0.15) is 0 Å². The standard InChI is InChI=1S/C5H10NOS/c6-8(7)4-2-1-3-5-8/h2,8H,3-5H2,(H2,6,7). The van der Waals surface area contributed by atoms with Crippen LogP contribution in [0.1, 0.15) is 6.42 Å². The van der Waals surface area contributed by atoms with Gasteiger partial charge in [0.1, 0.15) is 0 Å². The number of rotatable bonds is 0. The van der Waals surface area contributed by atoms with E-state index >= 15 is 0 Å². The molecule has 2 nitrogen and oxygen atoms in total. The van der Waals surface area contributed by atoms with Gasteiger partial charge in [0, 0.05) is 11.5 Å². The van der Waals surface area contributed by atoms with Crippen LogP contribution >= 0.6 is 0 Å². The van der Waals surface area contributed by atoms with E-state index in [1.54, 1.807) is 6.08 Å². The van der Waals surface area contributed by atoms with Crippen molar-refractivity contribution in [1.82, 2.24) is 0 Å². The summed E-state index contributed by atoms with van der Waals surface area (Å²) < 4.78 is 16.3. The number of nitrogens with one attached hydrogen (secondary N) is 1. The summed E-state index contributed by atoms with van der Waals surface area (Å²) in [6, 6.07) is 0. The minimum Gasteiger partial charge on any atom is -0.345 e. The highest BCUT2D eigenvalue weighted by molar-refractivity contribution is 7.98. The Morgan fingerprint density at radius 1 is 1.75 bits per heavy atom. The van der Waals surface area contributed by atoms with Gasteiger partial charge in [-0.25, -0.2) is 0 Å². The molecule has 0 spiro atoms. The third-order valence-corrected chi connectivity index (χ3v) is 2.91. The molecule has 1 aliphatic rings. The fourth-order valence-corrected chi connectivity index (χ4v) is 1.77. The predicted octanol–water partition coefficient (Wildman–Crippen LogP) is 0.871. The van der Waals surface area contributed by atoms with E-state index < -0.39 is 10.1 Å². The average Bonchev–Trinajstić information content (AvgIpc) is 1.65. The van der Waals surface area contributed by atoms with Gasteiger partial charge in [0.15, 0.2) is 0 Å². The van der Waals surface area contributed by atoms with Gasteiger partial charge < -0.3 is 4.55 Å². The van der Waals surface area contributed by atoms with Gasteiger partial charge in [-0.1, -0.05) is 6.08 Å². The molecule has 47 valence electrons. The largest absolute Gasteiger partial charge is 0.345 e. The third-order valence-electron chi connectivity index (χ3n) is 1.16. The Bertz CT molecular complexity index is 153. The maximum Gasteiger partial charge on any atom is 0.0236 e. The molecular formula is C5H10NOS. The van der Waals surface area contributed by atoms with Crippen LogP contribution < -0.4 is 0 Å². The third kappa shape index (κ3) is 1.42. The fraction of sp³-hybridized carbons (Fsp3) is 0.600. The molecule has 0 atom stereocenters. The normalized spacial score (nSPS) is 29.6. The smallest absolute Gasteiger partial charge is 0.0236 e. The molecule has 0 fully saturated rings. The van der Waals surface area contributed by atoms with E-state index in [-0.39, 0.29) is 0 Å². The fourth-order valence-electron chi connectivity index (χ4n) is 0.658. The number of hydrogen-bond donors (Lipinski definition) is 3. The van der Waals surface area contributed by atoms with Crippen LogP contribution in [0.25, 0.3) is 0 Å². The van der Waals surface area contributed by atoms with Gasteiger partial charge >= 0.3 is 0 Å². The second-order valence-electron chi connectivity index (χ2n) is 1.99. The van der Waals surface area contributed by atoms with E-state index in [1.165, 1.54) is 0 Å². The second kappa shape index (κ2) is 1.99. The number of hydrogen-bond acceptors (Lipinski definition) is 1. The van der Waals surface area contributed by atoms with Crippen LogP contribution in [0.15, 0.2) is 6.08 Å². The van der Waals surface area contributed by atoms with E-state index in [4.69, 9.17) is 9.33 Å². The van der Waals surface area contributed by atoms with Crippen LogP contribution in [0.5, 0.6) is 0 Å². The summed E-state index contributed by atoms with van der Waals surface area (Å²) >= 11 is 0. The maximum absolute atomic E-state index is 9.08. The molecule has 0 saturated carbocycles. The zero-order valence-corrected chi connectivity index (χ0v) is 5.49. The molecule has 2 N–H and O–H groups in total. The van der Waals surface area contributed by atoms with Crippen molar-refractivity contribution in [1.29, 1.82) is 4.78 Å².